The highest BCUT2D eigenvalue weighted by atomic mass is 16.6. The molecule has 1 saturated carbocycles. The molecule has 45 heavy (non-hydrogen) atoms. The van der Waals surface area contributed by atoms with E-state index in [9.17, 15) is 24.5 Å². The molecule has 0 bridgehead atoms. The topological polar surface area (TPSA) is 123 Å². The first-order valence-electron chi connectivity index (χ1n) is 16.0. The molecule has 1 aliphatic carbocycles. The van der Waals surface area contributed by atoms with Gasteiger partial charge in [0.25, 0.3) is 5.69 Å². The van der Waals surface area contributed by atoms with Crippen molar-refractivity contribution in [1.82, 2.24) is 9.80 Å². The summed E-state index contributed by atoms with van der Waals surface area (Å²) in [6.45, 7) is 7.39. The Bertz CT molecular complexity index is 1360. The summed E-state index contributed by atoms with van der Waals surface area (Å²) < 4.78 is 9.80. The first-order chi connectivity index (χ1) is 21.7. The van der Waals surface area contributed by atoms with Crippen LogP contribution in [0.25, 0.3) is 0 Å². The average Bonchev–Trinajstić information content (AvgIpc) is 3.06. The molecule has 2 saturated heterocycles. The van der Waals surface area contributed by atoms with Crippen LogP contribution in [0.5, 0.6) is 0 Å². The van der Waals surface area contributed by atoms with Crippen LogP contribution in [0.3, 0.4) is 0 Å². The Kier molecular flexibility index (Phi) is 10.4. The lowest BCUT2D eigenvalue weighted by atomic mass is 9.69. The summed E-state index contributed by atoms with van der Waals surface area (Å²) in [5, 5.41) is 11.0. The largest absolute Gasteiger partial charge is 0.465 e. The van der Waals surface area contributed by atoms with Crippen molar-refractivity contribution in [1.29, 1.82) is 0 Å². The summed E-state index contributed by atoms with van der Waals surface area (Å²) in [4.78, 5) is 55.9. The summed E-state index contributed by atoms with van der Waals surface area (Å²) in [7, 11) is 2.64. The fraction of sp³-hybridized carbons (Fsp3) is 0.559. The predicted octanol–water partition coefficient (Wildman–Crippen LogP) is 4.43. The molecule has 0 spiro atoms. The number of carbonyl (C=O) groups is 3. The first kappa shape index (κ1) is 32.4. The molecule has 4 atom stereocenters. The van der Waals surface area contributed by atoms with E-state index in [4.69, 9.17) is 9.47 Å². The number of likely N-dealkylation sites (tertiary alicyclic amines) is 1. The summed E-state index contributed by atoms with van der Waals surface area (Å²) in [5.41, 5.74) is 2.53. The molecule has 0 aromatic heterocycles. The van der Waals surface area contributed by atoms with Gasteiger partial charge in [-0.1, -0.05) is 19.8 Å². The van der Waals surface area contributed by atoms with Crippen molar-refractivity contribution in [3.63, 3.8) is 0 Å². The van der Waals surface area contributed by atoms with Gasteiger partial charge >= 0.3 is 11.9 Å². The quantitative estimate of drug-likeness (QED) is 0.228. The van der Waals surface area contributed by atoms with Gasteiger partial charge in [0.05, 0.1) is 36.2 Å². The number of nitro groups is 1. The number of nitro benzene ring substituents is 1. The lowest BCUT2D eigenvalue weighted by Gasteiger charge is -2.48. The molecule has 1 amide bonds. The van der Waals surface area contributed by atoms with Gasteiger partial charge in [-0.15, -0.1) is 0 Å². The number of rotatable bonds is 9. The first-order valence-corrected chi connectivity index (χ1v) is 16.0. The Morgan fingerprint density at radius 1 is 0.911 bits per heavy atom. The number of carbonyl (C=O) groups excluding carboxylic acids is 3. The maximum atomic E-state index is 14.1. The third-order valence-electron chi connectivity index (χ3n) is 9.76. The predicted molar refractivity (Wildman–Crippen MR) is 169 cm³/mol. The van der Waals surface area contributed by atoms with Crippen molar-refractivity contribution in [2.45, 2.75) is 39.0 Å². The van der Waals surface area contributed by atoms with Crippen LogP contribution in [-0.4, -0.2) is 92.6 Å². The van der Waals surface area contributed by atoms with E-state index < -0.39 is 16.9 Å². The maximum absolute atomic E-state index is 14.1. The number of non-ortho nitro benzene ring substituents is 1. The molecule has 3 fully saturated rings. The van der Waals surface area contributed by atoms with Crippen molar-refractivity contribution >= 4 is 29.2 Å². The van der Waals surface area contributed by atoms with Gasteiger partial charge in [0.1, 0.15) is 0 Å². The van der Waals surface area contributed by atoms with Crippen LogP contribution < -0.4 is 4.90 Å². The van der Waals surface area contributed by atoms with Gasteiger partial charge in [-0.2, -0.15) is 0 Å². The van der Waals surface area contributed by atoms with Crippen LogP contribution in [0.2, 0.25) is 0 Å². The van der Waals surface area contributed by atoms with E-state index in [-0.39, 0.29) is 23.4 Å². The third kappa shape index (κ3) is 7.64. The van der Waals surface area contributed by atoms with Crippen molar-refractivity contribution in [3.05, 3.63) is 69.3 Å². The normalized spacial score (nSPS) is 22.7. The second-order valence-corrected chi connectivity index (χ2v) is 12.8. The van der Waals surface area contributed by atoms with Crippen molar-refractivity contribution < 1.29 is 28.8 Å². The highest BCUT2D eigenvalue weighted by Crippen LogP contribution is 2.40. The van der Waals surface area contributed by atoms with Gasteiger partial charge in [-0.05, 0) is 72.9 Å². The molecular formula is C34H44N4O7. The Morgan fingerprint density at radius 3 is 2.13 bits per heavy atom. The number of anilines is 1. The highest BCUT2D eigenvalue weighted by Gasteiger charge is 2.43. The molecule has 0 unspecified atom stereocenters. The SMILES string of the molecule is COC(=O)c1cc(C[C@@H](C)CN2C[C@@H]3CCCC[C@@H]3[C@H](C(=O)N3CCN(c4ccc([N+](=O)[O-])cc4)CC3)C2)cc(C(=O)OC)c1. The highest BCUT2D eigenvalue weighted by molar-refractivity contribution is 5.95. The van der Waals surface area contributed by atoms with Crippen LogP contribution >= 0.6 is 0 Å². The van der Waals surface area contributed by atoms with Gasteiger partial charge in [-0.3, -0.25) is 14.9 Å². The Morgan fingerprint density at radius 2 is 1.53 bits per heavy atom. The van der Waals surface area contributed by atoms with Crippen molar-refractivity contribution in [2.75, 3.05) is 64.9 Å². The Hall–Kier alpha value is -3.99. The molecule has 11 nitrogen and oxygen atoms in total. The lowest BCUT2D eigenvalue weighted by Crippen LogP contribution is -2.57. The van der Waals surface area contributed by atoms with Gasteiger partial charge in [-0.25, -0.2) is 9.59 Å². The number of esters is 2. The summed E-state index contributed by atoms with van der Waals surface area (Å²) in [5.74, 6) is 0.364. The van der Waals surface area contributed by atoms with E-state index in [1.165, 1.54) is 45.3 Å². The van der Waals surface area contributed by atoms with Crippen LogP contribution in [0.4, 0.5) is 11.4 Å². The van der Waals surface area contributed by atoms with Crippen LogP contribution in [0.1, 0.15) is 58.9 Å². The molecule has 0 radical (unpaired) electrons. The standard InChI is InChI=1S/C34H44N4O7/c1-23(16-24-17-26(33(40)44-2)19-27(18-24)34(41)45-3)20-35-21-25-6-4-5-7-30(25)31(22-35)32(39)37-14-12-36(13-15-37)28-8-10-29(11-9-28)38(42)43/h8-11,17-19,23,25,30-31H,4-7,12-16,20-22H2,1-3H3/t23-,25+,30+,31-/m1/s1. The van der Waals surface area contributed by atoms with E-state index in [1.807, 2.05) is 4.90 Å². The van der Waals surface area contributed by atoms with E-state index >= 15 is 0 Å². The van der Waals surface area contributed by atoms with Crippen LogP contribution in [0.15, 0.2) is 42.5 Å². The van der Waals surface area contributed by atoms with Crippen molar-refractivity contribution in [3.8, 4) is 0 Å². The minimum atomic E-state index is -0.496. The molecule has 2 aliphatic heterocycles. The Labute approximate surface area is 264 Å². The van der Waals surface area contributed by atoms with Crippen LogP contribution in [-0.2, 0) is 20.7 Å². The molecule has 2 aromatic rings. The van der Waals surface area contributed by atoms with E-state index in [2.05, 4.69) is 16.7 Å². The number of hydrogen-bond donors (Lipinski definition) is 0. The molecule has 2 aromatic carbocycles. The minimum Gasteiger partial charge on any atom is -0.465 e. The molecule has 5 rings (SSSR count). The van der Waals surface area contributed by atoms with Gasteiger partial charge < -0.3 is 24.2 Å². The minimum absolute atomic E-state index is 0.0317. The number of benzene rings is 2. The average molecular weight is 621 g/mol. The fourth-order valence-corrected chi connectivity index (χ4v) is 7.62. The number of amides is 1. The molecule has 242 valence electrons. The van der Waals surface area contributed by atoms with Gasteiger partial charge in [0.2, 0.25) is 5.91 Å². The molecule has 0 N–H and O–H groups in total. The Balaban J connectivity index is 1.23. The van der Waals surface area contributed by atoms with Crippen molar-refractivity contribution in [2.24, 2.45) is 23.7 Å². The maximum Gasteiger partial charge on any atom is 0.337 e. The second kappa shape index (κ2) is 14.4. The van der Waals surface area contributed by atoms with E-state index in [0.717, 1.165) is 43.7 Å². The van der Waals surface area contributed by atoms with Crippen LogP contribution in [0, 0.1) is 33.8 Å². The van der Waals surface area contributed by atoms with Gasteiger partial charge in [0.15, 0.2) is 0 Å². The molecular weight excluding hydrogens is 576 g/mol. The molecule has 3 aliphatic rings. The summed E-state index contributed by atoms with van der Waals surface area (Å²) in [6, 6.07) is 11.7. The number of methoxy groups -OCH3 is 2. The third-order valence-corrected chi connectivity index (χ3v) is 9.76. The van der Waals surface area contributed by atoms with E-state index in [1.54, 1.807) is 24.3 Å². The number of fused-ring (bicyclic) bond motifs is 1. The lowest BCUT2D eigenvalue weighted by molar-refractivity contribution is -0.384. The second-order valence-electron chi connectivity index (χ2n) is 12.8. The summed E-state index contributed by atoms with van der Waals surface area (Å²) in [6.07, 6.45) is 5.30. The van der Waals surface area contributed by atoms with Gasteiger partial charge in [0, 0.05) is 63.6 Å². The smallest absolute Gasteiger partial charge is 0.337 e. The van der Waals surface area contributed by atoms with E-state index in [0.29, 0.717) is 55.6 Å². The zero-order chi connectivity index (χ0) is 32.1. The monoisotopic (exact) mass is 620 g/mol. The number of hydrogen-bond acceptors (Lipinski definition) is 9. The number of nitrogens with zero attached hydrogens (tertiary/aromatic N) is 4. The zero-order valence-electron chi connectivity index (χ0n) is 26.5. The number of piperidine rings is 1. The molecule has 2 heterocycles. The fourth-order valence-electron chi connectivity index (χ4n) is 7.62. The number of piperazine rings is 1. The summed E-state index contributed by atoms with van der Waals surface area (Å²) >= 11 is 0. The number of ether oxygens (including phenoxy) is 2. The zero-order valence-corrected chi connectivity index (χ0v) is 26.5. The molecule has 11 heteroatoms.